The van der Waals surface area contributed by atoms with Gasteiger partial charge in [-0.3, -0.25) is 0 Å². The van der Waals surface area contributed by atoms with Gasteiger partial charge in [-0.25, -0.2) is 13.1 Å². The molecule has 0 amide bonds. The van der Waals surface area contributed by atoms with Crippen LogP contribution in [0.5, 0.6) is 0 Å². The molecule has 0 spiro atoms. The van der Waals surface area contributed by atoms with E-state index in [1.54, 1.807) is 18.2 Å². The van der Waals surface area contributed by atoms with Crippen molar-refractivity contribution < 1.29 is 13.5 Å². The molecule has 4 nitrogen and oxygen atoms in total. The van der Waals surface area contributed by atoms with Crippen LogP contribution < -0.4 is 4.72 Å². The monoisotopic (exact) mass is 333 g/mol. The number of nitrogens with one attached hydrogen (secondary N) is 1. The molecule has 0 saturated heterocycles. The topological polar surface area (TPSA) is 66.4 Å². The lowest BCUT2D eigenvalue weighted by molar-refractivity contribution is 0.159. The van der Waals surface area contributed by atoms with E-state index < -0.39 is 16.1 Å². The summed E-state index contributed by atoms with van der Waals surface area (Å²) in [5, 5.41) is 9.66. The van der Waals surface area contributed by atoms with Crippen LogP contribution >= 0.6 is 15.9 Å². The number of rotatable bonds is 3. The lowest BCUT2D eigenvalue weighted by atomic mass is 10.2. The molecule has 2 atom stereocenters. The first-order valence-electron chi connectivity index (χ1n) is 5.87. The Morgan fingerprint density at radius 2 is 2.11 bits per heavy atom. The van der Waals surface area contributed by atoms with E-state index in [2.05, 4.69) is 20.7 Å². The van der Waals surface area contributed by atoms with Crippen molar-refractivity contribution in [2.45, 2.75) is 43.2 Å². The molecular formula is C12H16BrNO3S. The van der Waals surface area contributed by atoms with Crippen LogP contribution in [0.15, 0.2) is 27.6 Å². The summed E-state index contributed by atoms with van der Waals surface area (Å²) in [6, 6.07) is 4.53. The van der Waals surface area contributed by atoms with Gasteiger partial charge in [0.2, 0.25) is 10.0 Å². The van der Waals surface area contributed by atoms with Gasteiger partial charge in [0.25, 0.3) is 0 Å². The maximum Gasteiger partial charge on any atom is 0.240 e. The van der Waals surface area contributed by atoms with Crippen molar-refractivity contribution in [1.82, 2.24) is 4.72 Å². The number of sulfonamides is 1. The molecule has 1 aliphatic carbocycles. The molecule has 0 aromatic heterocycles. The molecule has 0 aliphatic heterocycles. The number of halogens is 1. The summed E-state index contributed by atoms with van der Waals surface area (Å²) in [6.45, 7) is 1.84. The smallest absolute Gasteiger partial charge is 0.240 e. The lowest BCUT2D eigenvalue weighted by Crippen LogP contribution is -2.39. The van der Waals surface area contributed by atoms with Gasteiger partial charge in [-0.2, -0.15) is 0 Å². The van der Waals surface area contributed by atoms with Gasteiger partial charge in [0.15, 0.2) is 0 Å². The number of benzene rings is 1. The van der Waals surface area contributed by atoms with E-state index in [4.69, 9.17) is 0 Å². The third kappa shape index (κ3) is 2.93. The minimum atomic E-state index is -3.55. The maximum atomic E-state index is 12.2. The Morgan fingerprint density at radius 1 is 1.39 bits per heavy atom. The zero-order valence-electron chi connectivity index (χ0n) is 10.1. The molecule has 1 saturated carbocycles. The number of hydrogen-bond donors (Lipinski definition) is 2. The van der Waals surface area contributed by atoms with Crippen LogP contribution in [-0.4, -0.2) is 25.7 Å². The summed E-state index contributed by atoms with van der Waals surface area (Å²) in [6.07, 6.45) is 1.63. The van der Waals surface area contributed by atoms with E-state index in [-0.39, 0.29) is 10.9 Å². The van der Waals surface area contributed by atoms with Crippen LogP contribution in [0.3, 0.4) is 0 Å². The largest absolute Gasteiger partial charge is 0.391 e. The normalized spacial score (nSPS) is 24.4. The minimum Gasteiger partial charge on any atom is -0.391 e. The number of aliphatic hydroxyl groups excluding tert-OH is 1. The molecule has 2 N–H and O–H groups in total. The van der Waals surface area contributed by atoms with Crippen molar-refractivity contribution in [2.75, 3.05) is 0 Å². The molecular weight excluding hydrogens is 318 g/mol. The highest BCUT2D eigenvalue weighted by Gasteiger charge is 2.29. The quantitative estimate of drug-likeness (QED) is 0.888. The average Bonchev–Trinajstić information content (AvgIpc) is 2.67. The van der Waals surface area contributed by atoms with Gasteiger partial charge in [-0.05, 0) is 49.9 Å². The molecule has 0 bridgehead atoms. The highest BCUT2D eigenvalue weighted by atomic mass is 79.9. The molecule has 6 heteroatoms. The fraction of sp³-hybridized carbons (Fsp3) is 0.500. The van der Waals surface area contributed by atoms with E-state index in [0.717, 1.165) is 16.5 Å². The van der Waals surface area contributed by atoms with Crippen LogP contribution in [0.25, 0.3) is 0 Å². The number of aryl methyl sites for hydroxylation is 1. The fourth-order valence-corrected chi connectivity index (χ4v) is 3.76. The highest BCUT2D eigenvalue weighted by Crippen LogP contribution is 2.23. The van der Waals surface area contributed by atoms with Crippen molar-refractivity contribution in [2.24, 2.45) is 0 Å². The van der Waals surface area contributed by atoms with E-state index in [0.29, 0.717) is 12.8 Å². The van der Waals surface area contributed by atoms with Gasteiger partial charge in [-0.15, -0.1) is 0 Å². The van der Waals surface area contributed by atoms with Gasteiger partial charge in [0.05, 0.1) is 11.0 Å². The number of hydrogen-bond acceptors (Lipinski definition) is 3. The molecule has 1 aromatic rings. The molecule has 18 heavy (non-hydrogen) atoms. The SMILES string of the molecule is Cc1cc(S(=O)(=O)N[C@@H]2CCC[C@@H]2O)ccc1Br. The maximum absolute atomic E-state index is 12.2. The van der Waals surface area contributed by atoms with Crippen molar-refractivity contribution >= 4 is 26.0 Å². The van der Waals surface area contributed by atoms with Gasteiger partial charge < -0.3 is 5.11 Å². The Labute approximate surface area is 116 Å². The summed E-state index contributed by atoms with van der Waals surface area (Å²) in [5.74, 6) is 0. The third-order valence-corrected chi connectivity index (χ3v) is 5.60. The molecule has 0 unspecified atom stereocenters. The zero-order valence-corrected chi connectivity index (χ0v) is 12.5. The van der Waals surface area contributed by atoms with Crippen molar-refractivity contribution in [1.29, 1.82) is 0 Å². The van der Waals surface area contributed by atoms with Crippen molar-refractivity contribution in [3.8, 4) is 0 Å². The first kappa shape index (κ1) is 14.0. The van der Waals surface area contributed by atoms with Gasteiger partial charge >= 0.3 is 0 Å². The molecule has 100 valence electrons. The third-order valence-electron chi connectivity index (χ3n) is 3.23. The summed E-state index contributed by atoms with van der Waals surface area (Å²) < 4.78 is 27.8. The predicted octanol–water partition coefficient (Wildman–Crippen LogP) is 1.95. The number of aliphatic hydroxyl groups is 1. The van der Waals surface area contributed by atoms with Crippen LogP contribution in [0, 0.1) is 6.92 Å². The van der Waals surface area contributed by atoms with E-state index in [9.17, 15) is 13.5 Å². The van der Waals surface area contributed by atoms with Gasteiger partial charge in [0.1, 0.15) is 0 Å². The lowest BCUT2D eigenvalue weighted by Gasteiger charge is -2.16. The summed E-state index contributed by atoms with van der Waals surface area (Å²) in [7, 11) is -3.55. The molecule has 0 radical (unpaired) electrons. The van der Waals surface area contributed by atoms with Gasteiger partial charge in [-0.1, -0.05) is 15.9 Å². The Kier molecular flexibility index (Phi) is 4.11. The fourth-order valence-electron chi connectivity index (χ4n) is 2.13. The Hall–Kier alpha value is -0.430. The zero-order chi connectivity index (χ0) is 13.3. The Bertz CT molecular complexity index is 544. The minimum absolute atomic E-state index is 0.238. The van der Waals surface area contributed by atoms with Crippen LogP contribution in [0.1, 0.15) is 24.8 Å². The molecule has 1 fully saturated rings. The summed E-state index contributed by atoms with van der Waals surface area (Å²) in [4.78, 5) is 0.238. The summed E-state index contributed by atoms with van der Waals surface area (Å²) >= 11 is 3.34. The second-order valence-electron chi connectivity index (χ2n) is 4.64. The van der Waals surface area contributed by atoms with Crippen LogP contribution in [0.2, 0.25) is 0 Å². The molecule has 0 heterocycles. The standard InChI is InChI=1S/C12H16BrNO3S/c1-8-7-9(5-6-10(8)13)18(16,17)14-11-3-2-4-12(11)15/h5-7,11-12,14-15H,2-4H2,1H3/t11-,12+/m1/s1. The van der Waals surface area contributed by atoms with E-state index in [1.165, 1.54) is 0 Å². The molecule has 1 aliphatic rings. The Morgan fingerprint density at radius 3 is 2.67 bits per heavy atom. The second-order valence-corrected chi connectivity index (χ2v) is 7.21. The van der Waals surface area contributed by atoms with E-state index in [1.807, 2.05) is 6.92 Å². The van der Waals surface area contributed by atoms with E-state index >= 15 is 0 Å². The van der Waals surface area contributed by atoms with Crippen LogP contribution in [0.4, 0.5) is 0 Å². The Balaban J connectivity index is 2.22. The first-order chi connectivity index (χ1) is 8.40. The predicted molar refractivity (Wildman–Crippen MR) is 72.8 cm³/mol. The molecule has 1 aromatic carbocycles. The summed E-state index contributed by atoms with van der Waals surface area (Å²) in [5.41, 5.74) is 0.866. The average molecular weight is 334 g/mol. The van der Waals surface area contributed by atoms with Crippen LogP contribution in [-0.2, 0) is 10.0 Å². The van der Waals surface area contributed by atoms with Crippen molar-refractivity contribution in [3.63, 3.8) is 0 Å². The molecule has 2 rings (SSSR count). The van der Waals surface area contributed by atoms with Crippen molar-refractivity contribution in [3.05, 3.63) is 28.2 Å². The first-order valence-corrected chi connectivity index (χ1v) is 8.14. The second kappa shape index (κ2) is 5.28. The highest BCUT2D eigenvalue weighted by molar-refractivity contribution is 9.10. The van der Waals surface area contributed by atoms with Gasteiger partial charge in [0, 0.05) is 10.5 Å².